The van der Waals surface area contributed by atoms with Crippen LogP contribution in [0.4, 0.5) is 0 Å². The van der Waals surface area contributed by atoms with Crippen LogP contribution in [0.2, 0.25) is 0 Å². The molecule has 0 aromatic carbocycles. The molecule has 0 amide bonds. The summed E-state index contributed by atoms with van der Waals surface area (Å²) in [5.74, 6) is 0. The second-order valence-electron chi connectivity index (χ2n) is 1.89. The molecule has 0 bridgehead atoms. The van der Waals surface area contributed by atoms with Gasteiger partial charge in [0.1, 0.15) is 0 Å². The van der Waals surface area contributed by atoms with Gasteiger partial charge in [-0.25, -0.2) is 0 Å². The highest BCUT2D eigenvalue weighted by Gasteiger charge is 1.92. The standard InChI is InChI=1S/C7H14N2S/c1-5-8-7(10-4)9-6(2)3/h2,5H2,1,3-4H3,(H,8,9). The third-order valence-electron chi connectivity index (χ3n) is 0.815. The van der Waals surface area contributed by atoms with Crippen LogP contribution in [-0.2, 0) is 0 Å². The first-order valence-electron chi connectivity index (χ1n) is 3.21. The molecule has 0 fully saturated rings. The van der Waals surface area contributed by atoms with Crippen molar-refractivity contribution >= 4 is 16.9 Å². The van der Waals surface area contributed by atoms with Crippen molar-refractivity contribution in [2.45, 2.75) is 13.8 Å². The number of nitrogens with zero attached hydrogens (tertiary/aromatic N) is 1. The Kier molecular flexibility index (Phi) is 5.12. The summed E-state index contributed by atoms with van der Waals surface area (Å²) in [6.45, 7) is 8.46. The molecule has 1 N–H and O–H groups in total. The molecule has 58 valence electrons. The average Bonchev–Trinajstić information content (AvgIpc) is 1.86. The fraction of sp³-hybridized carbons (Fsp3) is 0.571. The molecule has 0 aromatic heterocycles. The van der Waals surface area contributed by atoms with E-state index >= 15 is 0 Å². The van der Waals surface area contributed by atoms with Gasteiger partial charge in [-0.05, 0) is 20.1 Å². The number of hydrogen-bond donors (Lipinski definition) is 1. The van der Waals surface area contributed by atoms with Crippen molar-refractivity contribution in [2.75, 3.05) is 12.8 Å². The number of rotatable bonds is 2. The summed E-state index contributed by atoms with van der Waals surface area (Å²) in [6, 6.07) is 0. The number of allylic oxidation sites excluding steroid dienone is 1. The summed E-state index contributed by atoms with van der Waals surface area (Å²) in [5, 5.41) is 3.99. The maximum Gasteiger partial charge on any atom is 0.160 e. The maximum atomic E-state index is 4.19. The molecule has 3 heteroatoms. The Morgan fingerprint density at radius 3 is 2.60 bits per heavy atom. The molecule has 0 heterocycles. The van der Waals surface area contributed by atoms with Crippen LogP contribution in [0.3, 0.4) is 0 Å². The summed E-state index contributed by atoms with van der Waals surface area (Å²) in [6.07, 6.45) is 1.99. The van der Waals surface area contributed by atoms with Crippen LogP contribution in [0.5, 0.6) is 0 Å². The lowest BCUT2D eigenvalue weighted by Crippen LogP contribution is -2.17. The molecular weight excluding hydrogens is 144 g/mol. The zero-order valence-electron chi connectivity index (χ0n) is 6.77. The van der Waals surface area contributed by atoms with E-state index in [1.807, 2.05) is 20.1 Å². The molecule has 0 atom stereocenters. The molecular formula is C7H14N2S. The summed E-state index contributed by atoms with van der Waals surface area (Å²) in [7, 11) is 0. The van der Waals surface area contributed by atoms with Crippen LogP contribution in [0.1, 0.15) is 13.8 Å². The Bertz CT molecular complexity index is 141. The van der Waals surface area contributed by atoms with Crippen molar-refractivity contribution in [1.82, 2.24) is 5.32 Å². The van der Waals surface area contributed by atoms with Crippen molar-refractivity contribution in [3.05, 3.63) is 12.3 Å². The SMILES string of the molecule is C=C(C)NC(=NCC)SC. The normalized spacial score (nSPS) is 11.3. The quantitative estimate of drug-likeness (QED) is 0.490. The molecule has 0 aliphatic heterocycles. The van der Waals surface area contributed by atoms with Crippen LogP contribution < -0.4 is 5.32 Å². The van der Waals surface area contributed by atoms with E-state index < -0.39 is 0 Å². The molecule has 0 aromatic rings. The zero-order chi connectivity index (χ0) is 7.98. The van der Waals surface area contributed by atoms with Crippen LogP contribution in [-0.4, -0.2) is 18.0 Å². The van der Waals surface area contributed by atoms with Gasteiger partial charge in [-0.2, -0.15) is 0 Å². The topological polar surface area (TPSA) is 24.4 Å². The third-order valence-corrected chi connectivity index (χ3v) is 1.43. The first-order valence-corrected chi connectivity index (χ1v) is 4.44. The van der Waals surface area contributed by atoms with Crippen molar-refractivity contribution in [1.29, 1.82) is 0 Å². The maximum absolute atomic E-state index is 4.19. The zero-order valence-corrected chi connectivity index (χ0v) is 7.59. The van der Waals surface area contributed by atoms with Gasteiger partial charge in [-0.15, -0.1) is 0 Å². The van der Waals surface area contributed by atoms with Gasteiger partial charge >= 0.3 is 0 Å². The van der Waals surface area contributed by atoms with E-state index in [2.05, 4.69) is 16.9 Å². The molecule has 0 aliphatic rings. The highest BCUT2D eigenvalue weighted by atomic mass is 32.2. The molecule has 0 unspecified atom stereocenters. The molecule has 0 saturated carbocycles. The first-order chi connectivity index (χ1) is 4.70. The van der Waals surface area contributed by atoms with Crippen molar-refractivity contribution < 1.29 is 0 Å². The van der Waals surface area contributed by atoms with Gasteiger partial charge in [-0.3, -0.25) is 4.99 Å². The summed E-state index contributed by atoms with van der Waals surface area (Å²) in [5.41, 5.74) is 0.932. The van der Waals surface area contributed by atoms with Gasteiger partial charge in [0, 0.05) is 12.2 Å². The summed E-state index contributed by atoms with van der Waals surface area (Å²) >= 11 is 1.60. The van der Waals surface area contributed by atoms with Crippen LogP contribution in [0.25, 0.3) is 0 Å². The Labute approximate surface area is 66.8 Å². The van der Waals surface area contributed by atoms with Crippen LogP contribution in [0, 0.1) is 0 Å². The minimum Gasteiger partial charge on any atom is -0.340 e. The Morgan fingerprint density at radius 2 is 2.30 bits per heavy atom. The number of thioether (sulfide) groups is 1. The van der Waals surface area contributed by atoms with Crippen molar-refractivity contribution in [3.63, 3.8) is 0 Å². The number of aliphatic imine (C=N–C) groups is 1. The fourth-order valence-corrected chi connectivity index (χ4v) is 1.02. The second-order valence-corrected chi connectivity index (χ2v) is 2.68. The predicted octanol–water partition coefficient (Wildman–Crippen LogP) is 1.85. The number of nitrogens with one attached hydrogen (secondary N) is 1. The molecule has 0 saturated heterocycles. The predicted molar refractivity (Wildman–Crippen MR) is 49.4 cm³/mol. The van der Waals surface area contributed by atoms with E-state index in [4.69, 9.17) is 0 Å². The van der Waals surface area contributed by atoms with Gasteiger partial charge in [0.05, 0.1) is 0 Å². The van der Waals surface area contributed by atoms with E-state index in [0.717, 1.165) is 17.4 Å². The lowest BCUT2D eigenvalue weighted by Gasteiger charge is -2.04. The molecule has 0 aliphatic carbocycles. The van der Waals surface area contributed by atoms with Crippen molar-refractivity contribution in [3.8, 4) is 0 Å². The van der Waals surface area contributed by atoms with E-state index in [1.54, 1.807) is 11.8 Å². The molecule has 0 radical (unpaired) electrons. The van der Waals surface area contributed by atoms with E-state index in [1.165, 1.54) is 0 Å². The molecule has 10 heavy (non-hydrogen) atoms. The number of hydrogen-bond acceptors (Lipinski definition) is 2. The van der Waals surface area contributed by atoms with Gasteiger partial charge < -0.3 is 5.32 Å². The van der Waals surface area contributed by atoms with E-state index in [-0.39, 0.29) is 0 Å². The molecule has 0 spiro atoms. The molecule has 0 rings (SSSR count). The minimum atomic E-state index is 0.816. The lowest BCUT2D eigenvalue weighted by atomic mass is 10.6. The molecule has 2 nitrogen and oxygen atoms in total. The first kappa shape index (κ1) is 9.56. The van der Waals surface area contributed by atoms with E-state index in [0.29, 0.717) is 0 Å². The van der Waals surface area contributed by atoms with Gasteiger partial charge in [-0.1, -0.05) is 18.3 Å². The third kappa shape index (κ3) is 4.44. The van der Waals surface area contributed by atoms with Gasteiger partial charge in [0.25, 0.3) is 0 Å². The minimum absolute atomic E-state index is 0.816. The van der Waals surface area contributed by atoms with Crippen LogP contribution in [0.15, 0.2) is 17.3 Å². The summed E-state index contributed by atoms with van der Waals surface area (Å²) in [4.78, 5) is 4.19. The lowest BCUT2D eigenvalue weighted by molar-refractivity contribution is 1.08. The highest BCUT2D eigenvalue weighted by Crippen LogP contribution is 1.96. The largest absolute Gasteiger partial charge is 0.340 e. The van der Waals surface area contributed by atoms with Gasteiger partial charge in [0.15, 0.2) is 5.17 Å². The van der Waals surface area contributed by atoms with Crippen molar-refractivity contribution in [2.24, 2.45) is 4.99 Å². The average molecular weight is 158 g/mol. The van der Waals surface area contributed by atoms with Gasteiger partial charge in [0.2, 0.25) is 0 Å². The monoisotopic (exact) mass is 158 g/mol. The van der Waals surface area contributed by atoms with Crippen LogP contribution >= 0.6 is 11.8 Å². The summed E-state index contributed by atoms with van der Waals surface area (Å²) < 4.78 is 0. The highest BCUT2D eigenvalue weighted by molar-refractivity contribution is 8.13. The smallest absolute Gasteiger partial charge is 0.160 e. The fourth-order valence-electron chi connectivity index (χ4n) is 0.481. The second kappa shape index (κ2) is 5.35. The Hall–Kier alpha value is -0.440. The van der Waals surface area contributed by atoms with E-state index in [9.17, 15) is 0 Å². The Morgan fingerprint density at radius 1 is 1.70 bits per heavy atom. The Balaban J connectivity index is 3.83. The number of amidine groups is 1.